The molecular weight excluding hydrogens is 366 g/mol. The van der Waals surface area contributed by atoms with Gasteiger partial charge in [-0.3, -0.25) is 9.59 Å². The van der Waals surface area contributed by atoms with Gasteiger partial charge in [-0.2, -0.15) is 0 Å². The highest BCUT2D eigenvalue weighted by Crippen LogP contribution is 2.45. The van der Waals surface area contributed by atoms with Gasteiger partial charge in [-0.15, -0.1) is 0 Å². The molecule has 1 aliphatic rings. The zero-order valence-corrected chi connectivity index (χ0v) is 16.5. The van der Waals surface area contributed by atoms with Gasteiger partial charge in [0.05, 0.1) is 17.7 Å². The molecule has 0 unspecified atom stereocenters. The van der Waals surface area contributed by atoms with Crippen molar-refractivity contribution < 1.29 is 14.1 Å². The first kappa shape index (κ1) is 18.9. The van der Waals surface area contributed by atoms with E-state index in [1.165, 1.54) is 0 Å². The number of fused-ring (bicyclic) bond motifs is 1. The Labute approximate surface area is 169 Å². The van der Waals surface area contributed by atoms with Crippen LogP contribution in [0.3, 0.4) is 0 Å². The Morgan fingerprint density at radius 3 is 2.59 bits per heavy atom. The Hall–Kier alpha value is -3.41. The highest BCUT2D eigenvalue weighted by Gasteiger charge is 2.50. The molecule has 6 nitrogen and oxygen atoms in total. The predicted molar refractivity (Wildman–Crippen MR) is 109 cm³/mol. The first-order valence-electron chi connectivity index (χ1n) is 9.60. The van der Waals surface area contributed by atoms with Crippen molar-refractivity contribution in [2.24, 2.45) is 0 Å². The van der Waals surface area contributed by atoms with Crippen molar-refractivity contribution in [3.05, 3.63) is 83.2 Å². The zero-order chi connectivity index (χ0) is 20.4. The second-order valence-electron chi connectivity index (χ2n) is 7.51. The van der Waals surface area contributed by atoms with Crippen molar-refractivity contribution in [2.45, 2.75) is 31.7 Å². The maximum Gasteiger partial charge on any atom is 0.238 e. The minimum atomic E-state index is -0.936. The summed E-state index contributed by atoms with van der Waals surface area (Å²) in [6.07, 6.45) is 0.526. The summed E-state index contributed by atoms with van der Waals surface area (Å²) in [4.78, 5) is 28.0. The van der Waals surface area contributed by atoms with Crippen LogP contribution in [0.15, 0.2) is 65.2 Å². The van der Waals surface area contributed by atoms with Gasteiger partial charge < -0.3 is 14.7 Å². The van der Waals surface area contributed by atoms with Crippen LogP contribution in [-0.2, 0) is 28.0 Å². The van der Waals surface area contributed by atoms with Gasteiger partial charge >= 0.3 is 0 Å². The lowest BCUT2D eigenvalue weighted by Gasteiger charge is -2.28. The van der Waals surface area contributed by atoms with E-state index in [0.717, 1.165) is 22.5 Å². The number of nitrogens with one attached hydrogen (secondary N) is 1. The summed E-state index contributed by atoms with van der Waals surface area (Å²) in [6, 6.07) is 19.3. The lowest BCUT2D eigenvalue weighted by atomic mass is 9.73. The van der Waals surface area contributed by atoms with Crippen molar-refractivity contribution in [2.75, 3.05) is 11.9 Å². The van der Waals surface area contributed by atoms with Crippen molar-refractivity contribution in [1.82, 2.24) is 10.5 Å². The number of aryl methyl sites for hydroxylation is 1. The van der Waals surface area contributed by atoms with E-state index in [0.29, 0.717) is 12.2 Å². The van der Waals surface area contributed by atoms with Crippen LogP contribution in [0.2, 0.25) is 0 Å². The summed E-state index contributed by atoms with van der Waals surface area (Å²) in [6.45, 7) is 2.07. The third-order valence-corrected chi connectivity index (χ3v) is 5.44. The van der Waals surface area contributed by atoms with Crippen LogP contribution < -0.4 is 10.2 Å². The highest BCUT2D eigenvalue weighted by atomic mass is 16.5. The van der Waals surface area contributed by atoms with E-state index in [9.17, 15) is 9.59 Å². The third kappa shape index (κ3) is 3.53. The summed E-state index contributed by atoms with van der Waals surface area (Å²) >= 11 is 0. The van der Waals surface area contributed by atoms with Crippen LogP contribution in [0, 0.1) is 6.92 Å². The molecule has 0 spiro atoms. The number of hydrogen-bond donors (Lipinski definition) is 1. The second-order valence-corrected chi connectivity index (χ2v) is 7.51. The maximum atomic E-state index is 13.4. The van der Waals surface area contributed by atoms with Crippen molar-refractivity contribution >= 4 is 17.5 Å². The number of aromatic nitrogens is 1. The monoisotopic (exact) mass is 389 g/mol. The standard InChI is InChI=1S/C23H23N3O3/c1-16-12-18(29-25-16)15-24-21(27)14-23(13-17-8-4-3-5-9-17)19-10-6-7-11-20(19)26(2)22(23)28/h3-12H,13-15H2,1-2H3,(H,24,27)/t23-/m0/s1. The molecule has 1 atom stereocenters. The number of likely N-dealkylation sites (N-methyl/N-ethyl adjacent to an activating group) is 1. The Kier molecular flexibility index (Phi) is 4.92. The Balaban J connectivity index is 1.64. The summed E-state index contributed by atoms with van der Waals surface area (Å²) in [5, 5.41) is 6.70. The van der Waals surface area contributed by atoms with Gasteiger partial charge in [-0.1, -0.05) is 53.7 Å². The summed E-state index contributed by atoms with van der Waals surface area (Å²) in [5.41, 5.74) is 2.59. The average Bonchev–Trinajstić information content (AvgIpc) is 3.23. The van der Waals surface area contributed by atoms with Gasteiger partial charge in [0, 0.05) is 25.2 Å². The van der Waals surface area contributed by atoms with Gasteiger partial charge in [0.15, 0.2) is 5.76 Å². The first-order chi connectivity index (χ1) is 14.0. The Morgan fingerprint density at radius 2 is 1.86 bits per heavy atom. The fraction of sp³-hybridized carbons (Fsp3) is 0.261. The minimum Gasteiger partial charge on any atom is -0.359 e. The summed E-state index contributed by atoms with van der Waals surface area (Å²) in [5.74, 6) is 0.324. The average molecular weight is 389 g/mol. The predicted octanol–water partition coefficient (Wildman–Crippen LogP) is 3.15. The molecule has 6 heteroatoms. The Bertz CT molecular complexity index is 1040. The van der Waals surface area contributed by atoms with E-state index in [1.807, 2.05) is 61.5 Å². The van der Waals surface area contributed by atoms with Crippen LogP contribution in [0.4, 0.5) is 5.69 Å². The maximum absolute atomic E-state index is 13.4. The summed E-state index contributed by atoms with van der Waals surface area (Å²) in [7, 11) is 1.77. The number of nitrogens with zero attached hydrogens (tertiary/aromatic N) is 2. The van der Waals surface area contributed by atoms with Crippen LogP contribution in [-0.4, -0.2) is 24.0 Å². The molecule has 148 valence electrons. The van der Waals surface area contributed by atoms with E-state index in [1.54, 1.807) is 18.0 Å². The van der Waals surface area contributed by atoms with E-state index in [4.69, 9.17) is 4.52 Å². The number of amides is 2. The quantitative estimate of drug-likeness (QED) is 0.703. The fourth-order valence-corrected chi connectivity index (χ4v) is 4.09. The first-order valence-corrected chi connectivity index (χ1v) is 9.60. The molecule has 1 aliphatic heterocycles. The third-order valence-electron chi connectivity index (χ3n) is 5.44. The normalized spacial score (nSPS) is 18.0. The minimum absolute atomic E-state index is 0.0618. The molecular formula is C23H23N3O3. The van der Waals surface area contributed by atoms with Crippen LogP contribution in [0.1, 0.15) is 29.0 Å². The molecule has 0 radical (unpaired) electrons. The van der Waals surface area contributed by atoms with Gasteiger partial charge in [0.1, 0.15) is 0 Å². The molecule has 29 heavy (non-hydrogen) atoms. The van der Waals surface area contributed by atoms with E-state index < -0.39 is 5.41 Å². The Morgan fingerprint density at radius 1 is 1.14 bits per heavy atom. The smallest absolute Gasteiger partial charge is 0.238 e. The van der Waals surface area contributed by atoms with E-state index >= 15 is 0 Å². The van der Waals surface area contributed by atoms with Gasteiger partial charge in [0.2, 0.25) is 11.8 Å². The van der Waals surface area contributed by atoms with Crippen LogP contribution in [0.25, 0.3) is 0 Å². The molecule has 2 heterocycles. The topological polar surface area (TPSA) is 75.4 Å². The number of carbonyl (C=O) groups is 2. The lowest BCUT2D eigenvalue weighted by Crippen LogP contribution is -2.44. The van der Waals surface area contributed by atoms with Crippen molar-refractivity contribution in [3.63, 3.8) is 0 Å². The lowest BCUT2D eigenvalue weighted by molar-refractivity contribution is -0.129. The molecule has 0 fully saturated rings. The molecule has 0 saturated carbocycles. The fourth-order valence-electron chi connectivity index (χ4n) is 4.09. The number of para-hydroxylation sites is 1. The molecule has 0 saturated heterocycles. The molecule has 2 amide bonds. The molecule has 1 aromatic heterocycles. The van der Waals surface area contributed by atoms with Crippen molar-refractivity contribution in [1.29, 1.82) is 0 Å². The molecule has 1 N–H and O–H groups in total. The molecule has 4 rings (SSSR count). The zero-order valence-electron chi connectivity index (χ0n) is 16.5. The van der Waals surface area contributed by atoms with E-state index in [2.05, 4.69) is 10.5 Å². The van der Waals surface area contributed by atoms with Gasteiger partial charge in [-0.25, -0.2) is 0 Å². The van der Waals surface area contributed by atoms with E-state index in [-0.39, 0.29) is 24.8 Å². The SMILES string of the molecule is Cc1cc(CNC(=O)C[C@]2(Cc3ccccc3)C(=O)N(C)c3ccccc32)on1. The molecule has 0 bridgehead atoms. The molecule has 0 aliphatic carbocycles. The summed E-state index contributed by atoms with van der Waals surface area (Å²) < 4.78 is 5.16. The number of carbonyl (C=O) groups excluding carboxylic acids is 2. The largest absolute Gasteiger partial charge is 0.359 e. The van der Waals surface area contributed by atoms with Crippen LogP contribution in [0.5, 0.6) is 0 Å². The van der Waals surface area contributed by atoms with Gasteiger partial charge in [-0.05, 0) is 30.5 Å². The van der Waals surface area contributed by atoms with Crippen LogP contribution >= 0.6 is 0 Å². The molecule has 3 aromatic rings. The highest BCUT2D eigenvalue weighted by molar-refractivity contribution is 6.09. The molecule has 2 aromatic carbocycles. The van der Waals surface area contributed by atoms with Gasteiger partial charge in [0.25, 0.3) is 0 Å². The number of rotatable bonds is 6. The van der Waals surface area contributed by atoms with Crippen molar-refractivity contribution in [3.8, 4) is 0 Å². The number of benzene rings is 2. The number of hydrogen-bond acceptors (Lipinski definition) is 4. The number of anilines is 1. The second kappa shape index (κ2) is 7.54.